The van der Waals surface area contributed by atoms with E-state index in [-0.39, 0.29) is 5.91 Å². The van der Waals surface area contributed by atoms with Gasteiger partial charge >= 0.3 is 0 Å². The maximum absolute atomic E-state index is 12.7. The minimum Gasteiger partial charge on any atom is -0.461 e. The van der Waals surface area contributed by atoms with E-state index in [4.69, 9.17) is 21.0 Å². The molecule has 0 unspecified atom stereocenters. The third-order valence-electron chi connectivity index (χ3n) is 5.61. The van der Waals surface area contributed by atoms with Crippen molar-refractivity contribution in [1.82, 2.24) is 24.5 Å². The molecule has 0 bridgehead atoms. The van der Waals surface area contributed by atoms with Gasteiger partial charge in [-0.2, -0.15) is 0 Å². The molecule has 4 aromatic heterocycles. The van der Waals surface area contributed by atoms with E-state index >= 15 is 0 Å². The van der Waals surface area contributed by atoms with Gasteiger partial charge in [0.05, 0.1) is 16.7 Å². The number of carbonyl (C=O) groups excluding carboxylic acids is 1. The van der Waals surface area contributed by atoms with Gasteiger partial charge in [-0.25, -0.2) is 9.38 Å². The van der Waals surface area contributed by atoms with Crippen LogP contribution >= 0.6 is 22.9 Å². The number of carbonyl (C=O) groups is 1. The van der Waals surface area contributed by atoms with E-state index in [1.807, 2.05) is 57.1 Å². The minimum atomic E-state index is 0.0728. The number of rotatable bonds is 3. The Kier molecular flexibility index (Phi) is 4.58. The smallest absolute Gasteiger partial charge is 0.264 e. The van der Waals surface area contributed by atoms with Crippen LogP contribution in [0.2, 0.25) is 5.02 Å². The second-order valence-electron chi connectivity index (χ2n) is 7.49. The molecule has 1 aliphatic rings. The van der Waals surface area contributed by atoms with Crippen molar-refractivity contribution in [3.05, 3.63) is 64.0 Å². The lowest BCUT2D eigenvalue weighted by Gasteiger charge is -2.35. The molecule has 1 amide bonds. The fourth-order valence-electron chi connectivity index (χ4n) is 4.04. The maximum atomic E-state index is 12.7. The van der Waals surface area contributed by atoms with Crippen LogP contribution in [-0.4, -0.2) is 56.6 Å². The number of hydrogen-bond acceptors (Lipinski definition) is 7. The standard InChI is InChI=1S/C22H17ClN6O2S/c23-14-5-6-15-16(13-14)24-22(29-19(15)25-26-20(29)17-3-1-11-31-17)28-9-7-27(8-10-28)21(30)18-4-2-12-32-18/h1-6,11-13H,7-10H2. The van der Waals surface area contributed by atoms with E-state index in [9.17, 15) is 4.79 Å². The summed E-state index contributed by atoms with van der Waals surface area (Å²) in [6.45, 7) is 2.49. The molecule has 5 aromatic rings. The molecule has 160 valence electrons. The molecule has 1 saturated heterocycles. The van der Waals surface area contributed by atoms with Crippen molar-refractivity contribution >= 4 is 51.3 Å². The number of fused-ring (bicyclic) bond motifs is 3. The zero-order valence-corrected chi connectivity index (χ0v) is 18.4. The van der Waals surface area contributed by atoms with Gasteiger partial charge in [-0.1, -0.05) is 17.7 Å². The first-order valence-corrected chi connectivity index (χ1v) is 11.4. The number of anilines is 1. The lowest BCUT2D eigenvalue weighted by Crippen LogP contribution is -2.49. The Morgan fingerprint density at radius 3 is 2.69 bits per heavy atom. The van der Waals surface area contributed by atoms with Crippen LogP contribution in [0.5, 0.6) is 0 Å². The third kappa shape index (κ3) is 3.12. The van der Waals surface area contributed by atoms with Crippen LogP contribution in [0.25, 0.3) is 28.1 Å². The van der Waals surface area contributed by atoms with E-state index in [1.54, 1.807) is 6.26 Å². The fourth-order valence-corrected chi connectivity index (χ4v) is 4.89. The SMILES string of the molecule is O=C(c1cccs1)N1CCN(c2nc3cc(Cl)ccc3c3nnc(-c4ccco4)n23)CC1. The Balaban J connectivity index is 1.42. The molecular weight excluding hydrogens is 448 g/mol. The molecule has 0 aliphatic carbocycles. The molecule has 0 atom stereocenters. The van der Waals surface area contributed by atoms with Crippen LogP contribution in [0.3, 0.4) is 0 Å². The molecule has 0 saturated carbocycles. The summed E-state index contributed by atoms with van der Waals surface area (Å²) in [6.07, 6.45) is 1.61. The molecule has 5 heterocycles. The van der Waals surface area contributed by atoms with Gasteiger partial charge in [-0.05, 0) is 41.8 Å². The number of aromatic nitrogens is 4. The molecule has 0 spiro atoms. The topological polar surface area (TPSA) is 79.8 Å². The molecule has 1 aromatic carbocycles. The highest BCUT2D eigenvalue weighted by molar-refractivity contribution is 7.12. The van der Waals surface area contributed by atoms with Gasteiger partial charge in [0.15, 0.2) is 11.4 Å². The van der Waals surface area contributed by atoms with E-state index in [0.29, 0.717) is 54.4 Å². The largest absolute Gasteiger partial charge is 0.461 e. The normalized spacial score (nSPS) is 14.5. The van der Waals surface area contributed by atoms with Crippen molar-refractivity contribution < 1.29 is 9.21 Å². The summed E-state index contributed by atoms with van der Waals surface area (Å²) in [5.41, 5.74) is 1.43. The van der Waals surface area contributed by atoms with Gasteiger partial charge in [0.2, 0.25) is 11.8 Å². The average molecular weight is 465 g/mol. The third-order valence-corrected chi connectivity index (χ3v) is 6.70. The first kappa shape index (κ1) is 19.3. The van der Waals surface area contributed by atoms with Crippen molar-refractivity contribution in [1.29, 1.82) is 0 Å². The van der Waals surface area contributed by atoms with E-state index in [2.05, 4.69) is 15.1 Å². The van der Waals surface area contributed by atoms with Crippen LogP contribution in [0, 0.1) is 0 Å². The number of thiophene rings is 1. The van der Waals surface area contributed by atoms with Gasteiger partial charge in [-0.3, -0.25) is 4.79 Å². The summed E-state index contributed by atoms with van der Waals surface area (Å²) < 4.78 is 7.53. The van der Waals surface area contributed by atoms with Gasteiger partial charge in [0.25, 0.3) is 5.91 Å². The molecule has 10 heteroatoms. The van der Waals surface area contributed by atoms with Gasteiger partial charge < -0.3 is 14.2 Å². The van der Waals surface area contributed by atoms with Crippen molar-refractivity contribution in [2.45, 2.75) is 0 Å². The second kappa shape index (κ2) is 7.61. The van der Waals surface area contributed by atoms with Crippen molar-refractivity contribution in [2.75, 3.05) is 31.1 Å². The van der Waals surface area contributed by atoms with Gasteiger partial charge in [0, 0.05) is 36.6 Å². The summed E-state index contributed by atoms with van der Waals surface area (Å²) in [5, 5.41) is 12.2. The molecule has 1 fully saturated rings. The summed E-state index contributed by atoms with van der Waals surface area (Å²) in [6, 6.07) is 13.0. The Morgan fingerprint density at radius 1 is 1.06 bits per heavy atom. The number of benzene rings is 1. The van der Waals surface area contributed by atoms with Crippen molar-refractivity contribution in [2.24, 2.45) is 0 Å². The molecule has 32 heavy (non-hydrogen) atoms. The first-order chi connectivity index (χ1) is 15.7. The van der Waals surface area contributed by atoms with Crippen LogP contribution < -0.4 is 4.90 Å². The highest BCUT2D eigenvalue weighted by Crippen LogP contribution is 2.30. The Labute approximate surface area is 191 Å². The summed E-state index contributed by atoms with van der Waals surface area (Å²) in [5.74, 6) is 1.97. The van der Waals surface area contributed by atoms with E-state index in [1.165, 1.54) is 11.3 Å². The molecule has 6 rings (SSSR count). The summed E-state index contributed by atoms with van der Waals surface area (Å²) >= 11 is 7.71. The Morgan fingerprint density at radius 2 is 1.94 bits per heavy atom. The molecule has 8 nitrogen and oxygen atoms in total. The number of hydrogen-bond donors (Lipinski definition) is 0. The zero-order valence-electron chi connectivity index (χ0n) is 16.8. The van der Waals surface area contributed by atoms with Crippen LogP contribution in [0.15, 0.2) is 58.5 Å². The lowest BCUT2D eigenvalue weighted by atomic mass is 10.2. The van der Waals surface area contributed by atoms with E-state index in [0.717, 1.165) is 15.8 Å². The molecular formula is C22H17ClN6O2S. The maximum Gasteiger partial charge on any atom is 0.264 e. The second-order valence-corrected chi connectivity index (χ2v) is 8.87. The van der Waals surface area contributed by atoms with Crippen molar-refractivity contribution in [3.8, 4) is 11.6 Å². The summed E-state index contributed by atoms with van der Waals surface area (Å²) in [4.78, 5) is 22.5. The van der Waals surface area contributed by atoms with Crippen LogP contribution in [-0.2, 0) is 0 Å². The highest BCUT2D eigenvalue weighted by atomic mass is 35.5. The first-order valence-electron chi connectivity index (χ1n) is 10.1. The number of amides is 1. The molecule has 0 radical (unpaired) electrons. The van der Waals surface area contributed by atoms with Crippen LogP contribution in [0.1, 0.15) is 9.67 Å². The number of nitrogens with zero attached hydrogens (tertiary/aromatic N) is 6. The number of piperazine rings is 1. The monoisotopic (exact) mass is 464 g/mol. The quantitative estimate of drug-likeness (QED) is 0.398. The van der Waals surface area contributed by atoms with Crippen LogP contribution in [0.4, 0.5) is 5.95 Å². The predicted octanol–water partition coefficient (Wildman–Crippen LogP) is 4.21. The van der Waals surface area contributed by atoms with Crippen molar-refractivity contribution in [3.63, 3.8) is 0 Å². The summed E-state index contributed by atoms with van der Waals surface area (Å²) in [7, 11) is 0. The van der Waals surface area contributed by atoms with E-state index < -0.39 is 0 Å². The fraction of sp³-hybridized carbons (Fsp3) is 0.182. The molecule has 1 aliphatic heterocycles. The number of furan rings is 1. The Bertz CT molecular complexity index is 1420. The van der Waals surface area contributed by atoms with Gasteiger partial charge in [-0.15, -0.1) is 21.5 Å². The minimum absolute atomic E-state index is 0.0728. The molecule has 0 N–H and O–H groups in total. The number of halogens is 1. The predicted molar refractivity (Wildman–Crippen MR) is 123 cm³/mol. The Hall–Kier alpha value is -3.43. The lowest BCUT2D eigenvalue weighted by molar-refractivity contribution is 0.0751. The van der Waals surface area contributed by atoms with Gasteiger partial charge in [0.1, 0.15) is 0 Å². The average Bonchev–Trinajstić information content (AvgIpc) is 3.59. The zero-order chi connectivity index (χ0) is 21.7. The highest BCUT2D eigenvalue weighted by Gasteiger charge is 2.27.